The molecule has 2 rings (SSSR count). The van der Waals surface area contributed by atoms with Gasteiger partial charge in [0.25, 0.3) is 0 Å². The molecule has 0 bridgehead atoms. The molecule has 0 saturated heterocycles. The molecule has 0 fully saturated rings. The Morgan fingerprint density at radius 2 is 2.46 bits per heavy atom. The van der Waals surface area contributed by atoms with E-state index in [4.69, 9.17) is 0 Å². The van der Waals surface area contributed by atoms with E-state index in [0.717, 1.165) is 15.9 Å². The Morgan fingerprint density at radius 1 is 1.62 bits per heavy atom. The second kappa shape index (κ2) is 3.26. The lowest BCUT2D eigenvalue weighted by molar-refractivity contribution is -0.107. The standard InChI is InChI=1S/C10H9NOS/c1-7-8-2-4-11-6-10(8)13-9(7)3-5-12/h2,4-6H,3H2,1H3. The predicted octanol–water partition coefficient (Wildman–Crippen LogP) is 2.35. The topological polar surface area (TPSA) is 30.0 Å². The molecule has 0 aliphatic heterocycles. The van der Waals surface area contributed by atoms with E-state index in [1.54, 1.807) is 17.5 Å². The van der Waals surface area contributed by atoms with E-state index in [-0.39, 0.29) is 0 Å². The van der Waals surface area contributed by atoms with Gasteiger partial charge in [0.1, 0.15) is 6.29 Å². The van der Waals surface area contributed by atoms with Crippen molar-refractivity contribution in [3.8, 4) is 0 Å². The van der Waals surface area contributed by atoms with Crippen molar-refractivity contribution in [3.05, 3.63) is 28.9 Å². The molecule has 0 aliphatic carbocycles. The summed E-state index contributed by atoms with van der Waals surface area (Å²) in [5, 5.41) is 1.22. The molecule has 2 aromatic rings. The lowest BCUT2D eigenvalue weighted by Gasteiger charge is -1.90. The van der Waals surface area contributed by atoms with Crippen molar-refractivity contribution >= 4 is 27.7 Å². The zero-order valence-electron chi connectivity index (χ0n) is 7.28. The van der Waals surface area contributed by atoms with E-state index in [2.05, 4.69) is 11.9 Å². The van der Waals surface area contributed by atoms with Gasteiger partial charge in [-0.25, -0.2) is 0 Å². The maximum absolute atomic E-state index is 10.4. The van der Waals surface area contributed by atoms with Gasteiger partial charge >= 0.3 is 0 Å². The highest BCUT2D eigenvalue weighted by Gasteiger charge is 2.06. The minimum atomic E-state index is 0.519. The summed E-state index contributed by atoms with van der Waals surface area (Å²) in [6.07, 6.45) is 5.10. The van der Waals surface area contributed by atoms with Gasteiger partial charge < -0.3 is 4.79 Å². The summed E-state index contributed by atoms with van der Waals surface area (Å²) in [6, 6.07) is 2.00. The quantitative estimate of drug-likeness (QED) is 0.682. The molecule has 2 aromatic heterocycles. The van der Waals surface area contributed by atoms with E-state index >= 15 is 0 Å². The summed E-state index contributed by atoms with van der Waals surface area (Å²) in [5.74, 6) is 0. The largest absolute Gasteiger partial charge is 0.303 e. The van der Waals surface area contributed by atoms with Crippen molar-refractivity contribution in [1.29, 1.82) is 0 Å². The van der Waals surface area contributed by atoms with Crippen LogP contribution in [0.4, 0.5) is 0 Å². The molecule has 0 aliphatic rings. The predicted molar refractivity (Wildman–Crippen MR) is 54.1 cm³/mol. The van der Waals surface area contributed by atoms with Crippen molar-refractivity contribution < 1.29 is 4.79 Å². The van der Waals surface area contributed by atoms with Gasteiger partial charge in [0.2, 0.25) is 0 Å². The summed E-state index contributed by atoms with van der Waals surface area (Å²) in [7, 11) is 0. The maximum atomic E-state index is 10.4. The van der Waals surface area contributed by atoms with Gasteiger partial charge in [0.05, 0.1) is 4.70 Å². The molecule has 0 N–H and O–H groups in total. The molecular formula is C10H9NOS. The Morgan fingerprint density at radius 3 is 3.15 bits per heavy atom. The normalized spacial score (nSPS) is 10.5. The minimum Gasteiger partial charge on any atom is -0.303 e. The highest BCUT2D eigenvalue weighted by molar-refractivity contribution is 7.19. The fourth-order valence-corrected chi connectivity index (χ4v) is 2.53. The average molecular weight is 191 g/mol. The summed E-state index contributed by atoms with van der Waals surface area (Å²) in [5.41, 5.74) is 1.22. The molecular weight excluding hydrogens is 182 g/mol. The summed E-state index contributed by atoms with van der Waals surface area (Å²) < 4.78 is 1.16. The number of hydrogen-bond donors (Lipinski definition) is 0. The molecule has 0 aromatic carbocycles. The van der Waals surface area contributed by atoms with Crippen LogP contribution in [0.1, 0.15) is 10.4 Å². The van der Waals surface area contributed by atoms with Crippen molar-refractivity contribution in [1.82, 2.24) is 4.98 Å². The van der Waals surface area contributed by atoms with Crippen LogP contribution in [-0.2, 0) is 11.2 Å². The highest BCUT2D eigenvalue weighted by Crippen LogP contribution is 2.29. The Bertz CT molecular complexity index is 447. The molecule has 0 saturated carbocycles. The van der Waals surface area contributed by atoms with Crippen LogP contribution >= 0.6 is 11.3 Å². The van der Waals surface area contributed by atoms with Crippen LogP contribution in [-0.4, -0.2) is 11.3 Å². The Kier molecular flexibility index (Phi) is 2.10. The molecule has 0 atom stereocenters. The first kappa shape index (κ1) is 8.38. The van der Waals surface area contributed by atoms with Crippen molar-refractivity contribution in [2.24, 2.45) is 0 Å². The third-order valence-corrected chi connectivity index (χ3v) is 3.37. The van der Waals surface area contributed by atoms with Gasteiger partial charge in [-0.05, 0) is 23.9 Å². The first-order valence-corrected chi connectivity index (χ1v) is 4.90. The van der Waals surface area contributed by atoms with Crippen molar-refractivity contribution in [3.63, 3.8) is 0 Å². The number of hydrogen-bond acceptors (Lipinski definition) is 3. The number of pyridine rings is 1. The van der Waals surface area contributed by atoms with Crippen LogP contribution in [0.2, 0.25) is 0 Å². The zero-order valence-corrected chi connectivity index (χ0v) is 8.10. The molecule has 2 nitrogen and oxygen atoms in total. The number of carbonyl (C=O) groups is 1. The third kappa shape index (κ3) is 1.35. The van der Waals surface area contributed by atoms with Crippen LogP contribution in [0.5, 0.6) is 0 Å². The number of carbonyl (C=O) groups excluding carboxylic acids is 1. The second-order valence-electron chi connectivity index (χ2n) is 2.89. The second-order valence-corrected chi connectivity index (χ2v) is 4.03. The fraction of sp³-hybridized carbons (Fsp3) is 0.200. The number of nitrogens with zero attached hydrogens (tertiary/aromatic N) is 1. The molecule has 66 valence electrons. The number of aromatic nitrogens is 1. The van der Waals surface area contributed by atoms with Crippen molar-refractivity contribution in [2.45, 2.75) is 13.3 Å². The zero-order chi connectivity index (χ0) is 9.26. The highest BCUT2D eigenvalue weighted by atomic mass is 32.1. The Hall–Kier alpha value is -1.22. The van der Waals surface area contributed by atoms with Crippen molar-refractivity contribution in [2.75, 3.05) is 0 Å². The van der Waals surface area contributed by atoms with E-state index in [1.807, 2.05) is 12.3 Å². The number of aldehydes is 1. The monoisotopic (exact) mass is 191 g/mol. The molecule has 0 amide bonds. The van der Waals surface area contributed by atoms with Crippen LogP contribution in [0.15, 0.2) is 18.5 Å². The van der Waals surface area contributed by atoms with E-state index in [0.29, 0.717) is 6.42 Å². The summed E-state index contributed by atoms with van der Waals surface area (Å²) >= 11 is 1.65. The molecule has 13 heavy (non-hydrogen) atoms. The van der Waals surface area contributed by atoms with Crippen LogP contribution in [0.3, 0.4) is 0 Å². The number of thiophene rings is 1. The third-order valence-electron chi connectivity index (χ3n) is 2.11. The first-order chi connectivity index (χ1) is 6.33. The van der Waals surface area contributed by atoms with Gasteiger partial charge in [0, 0.05) is 23.7 Å². The molecule has 0 unspecified atom stereocenters. The van der Waals surface area contributed by atoms with Gasteiger partial charge in [-0.15, -0.1) is 11.3 Å². The van der Waals surface area contributed by atoms with E-state index < -0.39 is 0 Å². The lowest BCUT2D eigenvalue weighted by atomic mass is 10.1. The van der Waals surface area contributed by atoms with Gasteiger partial charge in [-0.3, -0.25) is 4.98 Å². The number of fused-ring (bicyclic) bond motifs is 1. The molecule has 3 heteroatoms. The minimum absolute atomic E-state index is 0.519. The Balaban J connectivity index is 2.66. The number of aryl methyl sites for hydroxylation is 1. The lowest BCUT2D eigenvalue weighted by Crippen LogP contribution is -1.82. The number of rotatable bonds is 2. The van der Waals surface area contributed by atoms with E-state index in [9.17, 15) is 4.79 Å². The average Bonchev–Trinajstić information content (AvgIpc) is 2.46. The molecule has 0 radical (unpaired) electrons. The van der Waals surface area contributed by atoms with Crippen LogP contribution in [0.25, 0.3) is 10.1 Å². The van der Waals surface area contributed by atoms with Gasteiger partial charge in [0.15, 0.2) is 0 Å². The Labute approximate surface area is 80.2 Å². The SMILES string of the molecule is Cc1c(CC=O)sc2cnccc12. The van der Waals surface area contributed by atoms with Gasteiger partial charge in [-0.2, -0.15) is 0 Å². The summed E-state index contributed by atoms with van der Waals surface area (Å²) in [4.78, 5) is 15.6. The molecule has 2 heterocycles. The fourth-order valence-electron chi connectivity index (χ4n) is 1.40. The summed E-state index contributed by atoms with van der Waals surface area (Å²) in [6.45, 7) is 2.05. The first-order valence-electron chi connectivity index (χ1n) is 4.08. The van der Waals surface area contributed by atoms with Gasteiger partial charge in [-0.1, -0.05) is 0 Å². The van der Waals surface area contributed by atoms with E-state index in [1.165, 1.54) is 10.9 Å². The molecule has 0 spiro atoms. The van der Waals surface area contributed by atoms with Crippen LogP contribution in [0, 0.1) is 6.92 Å². The maximum Gasteiger partial charge on any atom is 0.125 e. The smallest absolute Gasteiger partial charge is 0.125 e. The van der Waals surface area contributed by atoms with Crippen LogP contribution < -0.4 is 0 Å².